The van der Waals surface area contributed by atoms with Gasteiger partial charge in [-0.25, -0.2) is 0 Å². The van der Waals surface area contributed by atoms with Gasteiger partial charge in [0.25, 0.3) is 0 Å². The molecule has 1 unspecified atom stereocenters. The zero-order valence-corrected chi connectivity index (χ0v) is 13.9. The maximum Gasteiger partial charge on any atom is 0.315 e. The Kier molecular flexibility index (Phi) is 9.38. The summed E-state index contributed by atoms with van der Waals surface area (Å²) < 4.78 is 22.9. The van der Waals surface area contributed by atoms with Gasteiger partial charge in [-0.1, -0.05) is 34.6 Å². The third-order valence-electron chi connectivity index (χ3n) is 2.83. The van der Waals surface area contributed by atoms with Crippen LogP contribution in [0.3, 0.4) is 0 Å². The highest BCUT2D eigenvalue weighted by atomic mass is 31.2. The lowest BCUT2D eigenvalue weighted by Gasteiger charge is -2.17. The molecule has 0 saturated carbocycles. The van der Waals surface area contributed by atoms with Gasteiger partial charge in [0, 0.05) is 6.16 Å². The molecule has 0 fully saturated rings. The standard InChI is InChI=1S/C14H29O4P/c1-6-19(16,18-10-8-13(4)5)11-14(15)17-9-7-12(2)3/h12-13H,6-11H2,1-5H3. The van der Waals surface area contributed by atoms with E-state index in [1.807, 2.05) is 0 Å². The van der Waals surface area contributed by atoms with Gasteiger partial charge in [-0.05, 0) is 24.7 Å². The molecule has 0 saturated heterocycles. The maximum atomic E-state index is 12.3. The van der Waals surface area contributed by atoms with E-state index in [0.29, 0.717) is 31.2 Å². The average Bonchev–Trinajstić information content (AvgIpc) is 2.27. The Bertz CT molecular complexity index is 300. The van der Waals surface area contributed by atoms with Crippen molar-refractivity contribution in [1.82, 2.24) is 0 Å². The Morgan fingerprint density at radius 2 is 1.58 bits per heavy atom. The summed E-state index contributed by atoms with van der Waals surface area (Å²) in [7, 11) is -2.85. The molecule has 0 aliphatic heterocycles. The van der Waals surface area contributed by atoms with Crippen LogP contribution in [0, 0.1) is 11.8 Å². The predicted molar refractivity (Wildman–Crippen MR) is 78.8 cm³/mol. The summed E-state index contributed by atoms with van der Waals surface area (Å²) in [5.41, 5.74) is 0. The molecule has 0 aromatic carbocycles. The smallest absolute Gasteiger partial charge is 0.315 e. The van der Waals surface area contributed by atoms with Crippen LogP contribution in [0.4, 0.5) is 0 Å². The zero-order valence-electron chi connectivity index (χ0n) is 13.0. The van der Waals surface area contributed by atoms with Gasteiger partial charge in [0.1, 0.15) is 6.16 Å². The van der Waals surface area contributed by atoms with Crippen LogP contribution in [0.25, 0.3) is 0 Å². The van der Waals surface area contributed by atoms with E-state index in [9.17, 15) is 9.36 Å². The molecule has 1 atom stereocenters. The molecule has 0 aromatic rings. The van der Waals surface area contributed by atoms with Crippen molar-refractivity contribution in [3.8, 4) is 0 Å². The normalized spacial score (nSPS) is 14.7. The van der Waals surface area contributed by atoms with Crippen molar-refractivity contribution in [3.63, 3.8) is 0 Å². The molecule has 0 radical (unpaired) electrons. The first-order valence-corrected chi connectivity index (χ1v) is 9.16. The molecule has 0 N–H and O–H groups in total. The van der Waals surface area contributed by atoms with Gasteiger partial charge in [-0.15, -0.1) is 0 Å². The molecule has 0 aromatic heterocycles. The third kappa shape index (κ3) is 10.1. The Morgan fingerprint density at radius 1 is 1.05 bits per heavy atom. The monoisotopic (exact) mass is 292 g/mol. The zero-order chi connectivity index (χ0) is 14.9. The van der Waals surface area contributed by atoms with Crippen molar-refractivity contribution in [2.24, 2.45) is 11.8 Å². The number of rotatable bonds is 10. The Balaban J connectivity index is 4.07. The predicted octanol–water partition coefficient (Wildman–Crippen LogP) is 3.94. The van der Waals surface area contributed by atoms with Crippen molar-refractivity contribution in [2.75, 3.05) is 25.5 Å². The molecule has 19 heavy (non-hydrogen) atoms. The van der Waals surface area contributed by atoms with Crippen LogP contribution >= 0.6 is 7.37 Å². The summed E-state index contributed by atoms with van der Waals surface area (Å²) >= 11 is 0. The molecule has 0 spiro atoms. The van der Waals surface area contributed by atoms with E-state index in [0.717, 1.165) is 12.8 Å². The Labute approximate surface area is 117 Å². The van der Waals surface area contributed by atoms with Crippen molar-refractivity contribution in [1.29, 1.82) is 0 Å². The second kappa shape index (κ2) is 9.55. The van der Waals surface area contributed by atoms with Crippen molar-refractivity contribution in [2.45, 2.75) is 47.5 Å². The average molecular weight is 292 g/mol. The molecule has 0 heterocycles. The van der Waals surface area contributed by atoms with E-state index in [1.165, 1.54) is 0 Å². The van der Waals surface area contributed by atoms with Crippen LogP contribution in [0.5, 0.6) is 0 Å². The number of esters is 1. The van der Waals surface area contributed by atoms with Gasteiger partial charge in [0.15, 0.2) is 0 Å². The van der Waals surface area contributed by atoms with Gasteiger partial charge in [0.2, 0.25) is 7.37 Å². The minimum absolute atomic E-state index is 0.0975. The molecule has 0 rings (SSSR count). The molecule has 0 aliphatic rings. The molecular formula is C14H29O4P. The summed E-state index contributed by atoms with van der Waals surface area (Å²) in [5.74, 6) is 0.590. The molecule has 0 aliphatic carbocycles. The number of ether oxygens (including phenoxy) is 1. The van der Waals surface area contributed by atoms with Gasteiger partial charge in [-0.3, -0.25) is 9.36 Å². The van der Waals surface area contributed by atoms with Crippen LogP contribution in [-0.4, -0.2) is 31.5 Å². The fraction of sp³-hybridized carbons (Fsp3) is 0.929. The van der Waals surface area contributed by atoms with Crippen LogP contribution in [0.2, 0.25) is 0 Å². The topological polar surface area (TPSA) is 52.6 Å². The largest absolute Gasteiger partial charge is 0.465 e. The highest BCUT2D eigenvalue weighted by Crippen LogP contribution is 2.46. The van der Waals surface area contributed by atoms with Gasteiger partial charge in [-0.2, -0.15) is 0 Å². The van der Waals surface area contributed by atoms with E-state index in [1.54, 1.807) is 6.92 Å². The van der Waals surface area contributed by atoms with Crippen LogP contribution in [-0.2, 0) is 18.6 Å². The minimum Gasteiger partial charge on any atom is -0.465 e. The van der Waals surface area contributed by atoms with E-state index >= 15 is 0 Å². The molecule has 4 nitrogen and oxygen atoms in total. The van der Waals surface area contributed by atoms with E-state index in [-0.39, 0.29) is 6.16 Å². The molecule has 0 amide bonds. The third-order valence-corrected chi connectivity index (χ3v) is 5.19. The maximum absolute atomic E-state index is 12.3. The van der Waals surface area contributed by atoms with Gasteiger partial charge >= 0.3 is 5.97 Å². The number of carbonyl (C=O) groups is 1. The Morgan fingerprint density at radius 3 is 2.05 bits per heavy atom. The Hall–Kier alpha value is -0.340. The minimum atomic E-state index is -2.85. The summed E-state index contributed by atoms with van der Waals surface area (Å²) in [6, 6.07) is 0. The van der Waals surface area contributed by atoms with Gasteiger partial charge < -0.3 is 9.26 Å². The fourth-order valence-corrected chi connectivity index (χ4v) is 2.77. The summed E-state index contributed by atoms with van der Waals surface area (Å²) in [4.78, 5) is 11.6. The molecular weight excluding hydrogens is 263 g/mol. The number of hydrogen-bond acceptors (Lipinski definition) is 4. The van der Waals surface area contributed by atoms with E-state index in [4.69, 9.17) is 9.26 Å². The lowest BCUT2D eigenvalue weighted by Crippen LogP contribution is -2.14. The summed E-state index contributed by atoms with van der Waals surface area (Å²) in [5, 5.41) is 0. The first-order chi connectivity index (χ1) is 8.79. The summed E-state index contributed by atoms with van der Waals surface area (Å²) in [6.07, 6.45) is 1.97. The molecule has 114 valence electrons. The second-order valence-corrected chi connectivity index (χ2v) is 8.54. The fourth-order valence-electron chi connectivity index (χ4n) is 1.35. The first kappa shape index (κ1) is 18.7. The second-order valence-electron chi connectivity index (χ2n) is 5.71. The van der Waals surface area contributed by atoms with E-state index < -0.39 is 13.3 Å². The van der Waals surface area contributed by atoms with Crippen molar-refractivity contribution >= 4 is 13.3 Å². The first-order valence-electron chi connectivity index (χ1n) is 7.17. The van der Waals surface area contributed by atoms with Crippen molar-refractivity contribution in [3.05, 3.63) is 0 Å². The summed E-state index contributed by atoms with van der Waals surface area (Å²) in [6.45, 7) is 10.9. The SMILES string of the molecule is CCP(=O)(CC(=O)OCCC(C)C)OCCC(C)C. The van der Waals surface area contributed by atoms with Gasteiger partial charge in [0.05, 0.1) is 13.2 Å². The highest BCUT2D eigenvalue weighted by Gasteiger charge is 2.25. The molecule has 5 heteroatoms. The van der Waals surface area contributed by atoms with Crippen molar-refractivity contribution < 1.29 is 18.6 Å². The highest BCUT2D eigenvalue weighted by molar-refractivity contribution is 7.59. The van der Waals surface area contributed by atoms with Crippen LogP contribution < -0.4 is 0 Å². The lowest BCUT2D eigenvalue weighted by atomic mass is 10.1. The van der Waals surface area contributed by atoms with E-state index in [2.05, 4.69) is 27.7 Å². The lowest BCUT2D eigenvalue weighted by molar-refractivity contribution is -0.140. The van der Waals surface area contributed by atoms with Crippen LogP contribution in [0.1, 0.15) is 47.5 Å². The quantitative estimate of drug-likeness (QED) is 0.452. The number of carbonyl (C=O) groups excluding carboxylic acids is 1. The molecule has 0 bridgehead atoms. The number of hydrogen-bond donors (Lipinski definition) is 0. The van der Waals surface area contributed by atoms with Crippen LogP contribution in [0.15, 0.2) is 0 Å².